The van der Waals surface area contributed by atoms with Crippen LogP contribution in [0.2, 0.25) is 0 Å². The Morgan fingerprint density at radius 2 is 1.78 bits per heavy atom. The number of carbonyl (C=O) groups is 3. The molecule has 0 radical (unpaired) electrons. The number of fused-ring (bicyclic) bond motifs is 1. The van der Waals surface area contributed by atoms with Gasteiger partial charge in [0, 0.05) is 36.1 Å². The molecule has 2 N–H and O–H groups in total. The zero-order valence-electron chi connectivity index (χ0n) is 15.1. The number of hydrogen-bond acceptors (Lipinski definition) is 4. The molecule has 0 aliphatic carbocycles. The molecule has 0 saturated carbocycles. The maximum absolute atomic E-state index is 12.7. The first kappa shape index (κ1) is 18.4. The highest BCUT2D eigenvalue weighted by Gasteiger charge is 2.22. The molecule has 138 valence electrons. The quantitative estimate of drug-likeness (QED) is 0.519. The Hall–Kier alpha value is -3.41. The molecule has 6 nitrogen and oxygen atoms in total. The van der Waals surface area contributed by atoms with Gasteiger partial charge in [0.25, 0.3) is 0 Å². The van der Waals surface area contributed by atoms with Crippen LogP contribution in [-0.2, 0) is 16.1 Å². The lowest BCUT2D eigenvalue weighted by molar-refractivity contribution is -0.119. The van der Waals surface area contributed by atoms with Crippen molar-refractivity contribution in [2.45, 2.75) is 26.5 Å². The normalized spacial score (nSPS) is 11.8. The Morgan fingerprint density at radius 1 is 1.07 bits per heavy atom. The zero-order chi connectivity index (χ0) is 19.4. The first-order chi connectivity index (χ1) is 13.0. The molecule has 1 amide bonds. The first-order valence-corrected chi connectivity index (χ1v) is 8.60. The number of H-pyrrole nitrogens is 1. The summed E-state index contributed by atoms with van der Waals surface area (Å²) in [6.45, 7) is 3.39. The predicted octanol–water partition coefficient (Wildman–Crippen LogP) is 3.23. The van der Waals surface area contributed by atoms with E-state index in [1.807, 2.05) is 24.3 Å². The molecular formula is C21H20N2O4. The minimum absolute atomic E-state index is 0.122. The molecule has 1 atom stereocenters. The van der Waals surface area contributed by atoms with Crippen LogP contribution in [0.5, 0.6) is 0 Å². The Labute approximate surface area is 156 Å². The molecule has 1 heterocycles. The van der Waals surface area contributed by atoms with E-state index < -0.39 is 12.1 Å². The van der Waals surface area contributed by atoms with Crippen LogP contribution >= 0.6 is 0 Å². The summed E-state index contributed by atoms with van der Waals surface area (Å²) in [5.41, 5.74) is 2.57. The molecule has 0 aliphatic heterocycles. The van der Waals surface area contributed by atoms with Crippen LogP contribution in [-0.4, -0.2) is 28.7 Å². The molecule has 3 aromatic rings. The topological polar surface area (TPSA) is 88.3 Å². The van der Waals surface area contributed by atoms with Gasteiger partial charge in [0.2, 0.25) is 11.7 Å². The number of aromatic amines is 1. The van der Waals surface area contributed by atoms with E-state index in [-0.39, 0.29) is 11.7 Å². The smallest absolute Gasteiger partial charge is 0.338 e. The van der Waals surface area contributed by atoms with E-state index in [2.05, 4.69) is 10.3 Å². The average Bonchev–Trinajstić information content (AvgIpc) is 3.10. The monoisotopic (exact) mass is 364 g/mol. The Balaban J connectivity index is 1.66. The van der Waals surface area contributed by atoms with Gasteiger partial charge >= 0.3 is 5.97 Å². The lowest BCUT2D eigenvalue weighted by atomic mass is 10.1. The van der Waals surface area contributed by atoms with Crippen molar-refractivity contribution >= 4 is 28.6 Å². The van der Waals surface area contributed by atoms with Gasteiger partial charge in [-0.3, -0.25) is 9.59 Å². The van der Waals surface area contributed by atoms with Gasteiger partial charge in [-0.05, 0) is 30.7 Å². The minimum Gasteiger partial charge on any atom is -0.451 e. The third-order valence-corrected chi connectivity index (χ3v) is 4.24. The Kier molecular flexibility index (Phi) is 5.35. The van der Waals surface area contributed by atoms with E-state index in [4.69, 9.17) is 4.74 Å². The minimum atomic E-state index is -0.907. The molecule has 1 aromatic heterocycles. The van der Waals surface area contributed by atoms with Crippen molar-refractivity contribution in [1.29, 1.82) is 0 Å². The highest BCUT2D eigenvalue weighted by atomic mass is 16.5. The summed E-state index contributed by atoms with van der Waals surface area (Å²) in [6, 6.07) is 14.2. The van der Waals surface area contributed by atoms with Gasteiger partial charge in [0.05, 0.1) is 5.56 Å². The van der Waals surface area contributed by atoms with Crippen LogP contribution in [0.25, 0.3) is 10.9 Å². The second-order valence-corrected chi connectivity index (χ2v) is 6.27. The second kappa shape index (κ2) is 7.86. The van der Waals surface area contributed by atoms with Gasteiger partial charge in [-0.1, -0.05) is 30.3 Å². The predicted molar refractivity (Wildman–Crippen MR) is 101 cm³/mol. The molecule has 0 unspecified atom stereocenters. The van der Waals surface area contributed by atoms with Gasteiger partial charge in [0.15, 0.2) is 6.10 Å². The fourth-order valence-electron chi connectivity index (χ4n) is 2.76. The third kappa shape index (κ3) is 4.23. The van der Waals surface area contributed by atoms with E-state index in [1.54, 1.807) is 37.4 Å². The van der Waals surface area contributed by atoms with Gasteiger partial charge in [-0.15, -0.1) is 0 Å². The fourth-order valence-corrected chi connectivity index (χ4v) is 2.76. The van der Waals surface area contributed by atoms with Crippen LogP contribution < -0.4 is 5.32 Å². The molecule has 0 bridgehead atoms. The van der Waals surface area contributed by atoms with Crippen molar-refractivity contribution in [3.05, 3.63) is 71.4 Å². The SMILES string of the molecule is CC(=O)NCc1ccc(C(=O)O[C@H](C)C(=O)c2c[nH]c3ccccc23)cc1. The van der Waals surface area contributed by atoms with E-state index in [9.17, 15) is 14.4 Å². The molecular weight excluding hydrogens is 344 g/mol. The molecule has 27 heavy (non-hydrogen) atoms. The van der Waals surface area contributed by atoms with Crippen LogP contribution in [0.15, 0.2) is 54.7 Å². The number of ether oxygens (including phenoxy) is 1. The standard InChI is InChI=1S/C21H20N2O4/c1-13(20(25)18-12-23-19-6-4-3-5-17(18)19)27-21(26)16-9-7-15(8-10-16)11-22-14(2)24/h3-10,12-13,23H,11H2,1-2H3,(H,22,24)/t13-/m1/s1. The van der Waals surface area contributed by atoms with E-state index >= 15 is 0 Å². The second-order valence-electron chi connectivity index (χ2n) is 6.27. The van der Waals surface area contributed by atoms with Gasteiger partial charge in [-0.2, -0.15) is 0 Å². The van der Waals surface area contributed by atoms with Crippen LogP contribution in [0.3, 0.4) is 0 Å². The summed E-state index contributed by atoms with van der Waals surface area (Å²) >= 11 is 0. The summed E-state index contributed by atoms with van der Waals surface area (Å²) in [7, 11) is 0. The van der Waals surface area contributed by atoms with Gasteiger partial charge < -0.3 is 15.0 Å². The molecule has 0 fully saturated rings. The highest BCUT2D eigenvalue weighted by Crippen LogP contribution is 2.20. The van der Waals surface area contributed by atoms with Crippen molar-refractivity contribution in [2.75, 3.05) is 0 Å². The first-order valence-electron chi connectivity index (χ1n) is 8.60. The largest absolute Gasteiger partial charge is 0.451 e. The van der Waals surface area contributed by atoms with Crippen molar-refractivity contribution in [3.8, 4) is 0 Å². The number of rotatable bonds is 6. The number of ketones is 1. The summed E-state index contributed by atoms with van der Waals surface area (Å²) in [5, 5.41) is 3.48. The summed E-state index contributed by atoms with van der Waals surface area (Å²) in [6.07, 6.45) is 0.726. The third-order valence-electron chi connectivity index (χ3n) is 4.24. The van der Waals surface area contributed by atoms with E-state index in [1.165, 1.54) is 6.92 Å². The summed E-state index contributed by atoms with van der Waals surface area (Å²) in [4.78, 5) is 39.0. The number of Topliss-reactive ketones (excluding diaryl/α,β-unsaturated/α-hetero) is 1. The lowest BCUT2D eigenvalue weighted by Crippen LogP contribution is -2.24. The maximum Gasteiger partial charge on any atom is 0.338 e. The van der Waals surface area contributed by atoms with Crippen molar-refractivity contribution in [1.82, 2.24) is 10.3 Å². The van der Waals surface area contributed by atoms with Gasteiger partial charge in [-0.25, -0.2) is 4.79 Å². The molecule has 2 aromatic carbocycles. The number of esters is 1. The maximum atomic E-state index is 12.7. The number of nitrogens with one attached hydrogen (secondary N) is 2. The number of aromatic nitrogens is 1. The highest BCUT2D eigenvalue weighted by molar-refractivity contribution is 6.10. The van der Waals surface area contributed by atoms with Crippen molar-refractivity contribution in [3.63, 3.8) is 0 Å². The zero-order valence-corrected chi connectivity index (χ0v) is 15.1. The number of para-hydroxylation sites is 1. The number of carbonyl (C=O) groups excluding carboxylic acids is 3. The number of amides is 1. The van der Waals surface area contributed by atoms with E-state index in [0.29, 0.717) is 17.7 Å². The van der Waals surface area contributed by atoms with Crippen LogP contribution in [0.1, 0.15) is 40.1 Å². The average molecular weight is 364 g/mol. The number of benzene rings is 2. The van der Waals surface area contributed by atoms with Crippen LogP contribution in [0.4, 0.5) is 0 Å². The summed E-state index contributed by atoms with van der Waals surface area (Å²) < 4.78 is 5.34. The van der Waals surface area contributed by atoms with Gasteiger partial charge in [0.1, 0.15) is 0 Å². The summed E-state index contributed by atoms with van der Waals surface area (Å²) in [5.74, 6) is -0.951. The number of hydrogen-bond donors (Lipinski definition) is 2. The molecule has 6 heteroatoms. The molecule has 0 saturated heterocycles. The lowest BCUT2D eigenvalue weighted by Gasteiger charge is -2.12. The van der Waals surface area contributed by atoms with Crippen molar-refractivity contribution < 1.29 is 19.1 Å². The van der Waals surface area contributed by atoms with E-state index in [0.717, 1.165) is 16.5 Å². The Bertz CT molecular complexity index is 989. The molecule has 0 spiro atoms. The Morgan fingerprint density at radius 3 is 2.48 bits per heavy atom. The molecule has 0 aliphatic rings. The molecule has 3 rings (SSSR count). The van der Waals surface area contributed by atoms with Crippen molar-refractivity contribution in [2.24, 2.45) is 0 Å². The van der Waals surface area contributed by atoms with Crippen LogP contribution in [0, 0.1) is 0 Å². The fraction of sp³-hybridized carbons (Fsp3) is 0.190.